The van der Waals surface area contributed by atoms with E-state index in [0.29, 0.717) is 26.6 Å². The van der Waals surface area contributed by atoms with Crippen molar-refractivity contribution in [1.29, 1.82) is 0 Å². The lowest BCUT2D eigenvalue weighted by Crippen LogP contribution is -2.23. The van der Waals surface area contributed by atoms with Gasteiger partial charge in [0.15, 0.2) is 5.76 Å². The Kier molecular flexibility index (Phi) is 2.87. The molecule has 0 fully saturated rings. The lowest BCUT2D eigenvalue weighted by molar-refractivity contribution is 0.577. The summed E-state index contributed by atoms with van der Waals surface area (Å²) >= 11 is 1.20. The number of aromatic nitrogens is 3. The van der Waals surface area contributed by atoms with Crippen molar-refractivity contribution < 1.29 is 8.81 Å². The number of halogens is 1. The molecule has 0 spiro atoms. The minimum atomic E-state index is -0.347. The van der Waals surface area contributed by atoms with Gasteiger partial charge in [-0.25, -0.2) is 4.39 Å². The van der Waals surface area contributed by atoms with Crippen LogP contribution in [0.2, 0.25) is 0 Å². The molecule has 0 saturated carbocycles. The van der Waals surface area contributed by atoms with E-state index in [1.54, 1.807) is 30.3 Å². The molecule has 4 aromatic rings. The van der Waals surface area contributed by atoms with Gasteiger partial charge in [-0.2, -0.15) is 9.50 Å². The van der Waals surface area contributed by atoms with Crippen molar-refractivity contribution >= 4 is 22.4 Å². The maximum Gasteiger partial charge on any atom is 0.291 e. The van der Waals surface area contributed by atoms with E-state index in [4.69, 9.17) is 4.42 Å². The van der Waals surface area contributed by atoms with Crippen molar-refractivity contribution in [2.45, 2.75) is 0 Å². The third kappa shape index (κ3) is 2.11. The lowest BCUT2D eigenvalue weighted by atomic mass is 10.2. The quantitative estimate of drug-likeness (QED) is 0.568. The molecule has 0 unspecified atom stereocenters. The Labute approximate surface area is 127 Å². The van der Waals surface area contributed by atoms with Gasteiger partial charge >= 0.3 is 0 Å². The molecule has 5 nitrogen and oxygen atoms in total. The normalized spacial score (nSPS) is 12.3. The first-order chi connectivity index (χ1) is 10.7. The molecule has 0 radical (unpaired) electrons. The van der Waals surface area contributed by atoms with Crippen molar-refractivity contribution in [2.24, 2.45) is 0 Å². The maximum absolute atomic E-state index is 13.2. The van der Waals surface area contributed by atoms with Crippen molar-refractivity contribution in [3.8, 4) is 11.6 Å². The Morgan fingerprint density at radius 1 is 1.27 bits per heavy atom. The molecule has 0 saturated heterocycles. The summed E-state index contributed by atoms with van der Waals surface area (Å²) in [6.45, 7) is 0. The largest absolute Gasteiger partial charge is 0.461 e. The molecule has 1 aromatic carbocycles. The zero-order valence-corrected chi connectivity index (χ0v) is 11.9. The highest BCUT2D eigenvalue weighted by Crippen LogP contribution is 2.16. The number of rotatable bonds is 2. The van der Waals surface area contributed by atoms with Gasteiger partial charge in [0.2, 0.25) is 10.8 Å². The van der Waals surface area contributed by atoms with Crippen LogP contribution in [0.15, 0.2) is 51.9 Å². The standard InChI is InChI=1S/C15H8FN3O2S/c16-10-4-1-3-9(7-10)8-12-14(20)19-15(22-12)17-13(18-19)11-5-2-6-21-11/h1-8H. The van der Waals surface area contributed by atoms with Crippen molar-refractivity contribution in [3.05, 3.63) is 68.9 Å². The van der Waals surface area contributed by atoms with Crippen molar-refractivity contribution in [1.82, 2.24) is 14.6 Å². The van der Waals surface area contributed by atoms with Gasteiger partial charge in [-0.05, 0) is 35.9 Å². The zero-order valence-electron chi connectivity index (χ0n) is 11.1. The first-order valence-corrected chi connectivity index (χ1v) is 7.23. The van der Waals surface area contributed by atoms with Gasteiger partial charge in [0.1, 0.15) is 5.82 Å². The Morgan fingerprint density at radius 3 is 2.91 bits per heavy atom. The SMILES string of the molecule is O=c1c(=Cc2cccc(F)c2)sc2nc(-c3ccco3)nn12. The third-order valence-corrected chi connectivity index (χ3v) is 4.03. The number of benzene rings is 1. The van der Waals surface area contributed by atoms with Crippen LogP contribution in [0.3, 0.4) is 0 Å². The molecule has 108 valence electrons. The second kappa shape index (κ2) is 4.88. The number of hydrogen-bond donors (Lipinski definition) is 0. The van der Waals surface area contributed by atoms with E-state index in [1.165, 1.54) is 34.2 Å². The number of hydrogen-bond acceptors (Lipinski definition) is 5. The summed E-state index contributed by atoms with van der Waals surface area (Å²) < 4.78 is 20.1. The van der Waals surface area contributed by atoms with Crippen LogP contribution in [-0.2, 0) is 0 Å². The summed E-state index contributed by atoms with van der Waals surface area (Å²) in [5.41, 5.74) is 0.336. The third-order valence-electron chi connectivity index (χ3n) is 3.07. The lowest BCUT2D eigenvalue weighted by Gasteiger charge is -1.90. The van der Waals surface area contributed by atoms with Crippen LogP contribution in [0.5, 0.6) is 0 Å². The topological polar surface area (TPSA) is 60.4 Å². The molecule has 0 bridgehead atoms. The van der Waals surface area contributed by atoms with E-state index in [2.05, 4.69) is 10.1 Å². The van der Waals surface area contributed by atoms with E-state index in [-0.39, 0.29) is 11.4 Å². The van der Waals surface area contributed by atoms with Gasteiger partial charge in [-0.15, -0.1) is 5.10 Å². The fourth-order valence-corrected chi connectivity index (χ4v) is 3.00. The Balaban J connectivity index is 1.86. The van der Waals surface area contributed by atoms with Crippen molar-refractivity contribution in [2.75, 3.05) is 0 Å². The predicted molar refractivity (Wildman–Crippen MR) is 80.0 cm³/mol. The van der Waals surface area contributed by atoms with Crippen LogP contribution in [0, 0.1) is 5.82 Å². The van der Waals surface area contributed by atoms with Crippen LogP contribution in [0.4, 0.5) is 4.39 Å². The van der Waals surface area contributed by atoms with Crippen LogP contribution >= 0.6 is 11.3 Å². The second-order valence-corrected chi connectivity index (χ2v) is 5.59. The molecule has 3 heterocycles. The Bertz CT molecular complexity index is 1070. The summed E-state index contributed by atoms with van der Waals surface area (Å²) in [5.74, 6) is 0.525. The predicted octanol–water partition coefficient (Wildman–Crippen LogP) is 2.10. The van der Waals surface area contributed by atoms with Gasteiger partial charge in [0.25, 0.3) is 5.56 Å². The highest BCUT2D eigenvalue weighted by Gasteiger charge is 2.13. The molecule has 0 aliphatic carbocycles. The highest BCUT2D eigenvalue weighted by atomic mass is 32.1. The molecular formula is C15H8FN3O2S. The summed E-state index contributed by atoms with van der Waals surface area (Å²) in [5, 5.41) is 4.15. The van der Waals surface area contributed by atoms with Crippen LogP contribution in [0.1, 0.15) is 5.56 Å². The fourth-order valence-electron chi connectivity index (χ4n) is 2.09. The van der Waals surface area contributed by atoms with Crippen molar-refractivity contribution in [3.63, 3.8) is 0 Å². The minimum absolute atomic E-state index is 0.283. The average molecular weight is 313 g/mol. The van der Waals surface area contributed by atoms with Gasteiger partial charge in [-0.1, -0.05) is 23.5 Å². The molecule has 0 atom stereocenters. The molecule has 3 aromatic heterocycles. The number of thiazole rings is 1. The van der Waals surface area contributed by atoms with Gasteiger partial charge in [0, 0.05) is 0 Å². The van der Waals surface area contributed by atoms with E-state index in [0.717, 1.165) is 0 Å². The zero-order chi connectivity index (χ0) is 15.1. The first kappa shape index (κ1) is 12.9. The summed E-state index contributed by atoms with van der Waals surface area (Å²) in [4.78, 5) is 17.1. The van der Waals surface area contributed by atoms with Crippen LogP contribution < -0.4 is 10.1 Å². The van der Waals surface area contributed by atoms with E-state index in [1.807, 2.05) is 0 Å². The minimum Gasteiger partial charge on any atom is -0.461 e. The molecule has 0 N–H and O–H groups in total. The number of fused-ring (bicyclic) bond motifs is 1. The average Bonchev–Trinajstić information content (AvgIpc) is 3.18. The molecule has 7 heteroatoms. The molecule has 0 aliphatic heterocycles. The van der Waals surface area contributed by atoms with Gasteiger partial charge in [0.05, 0.1) is 10.8 Å². The summed E-state index contributed by atoms with van der Waals surface area (Å²) in [6.07, 6.45) is 3.14. The van der Waals surface area contributed by atoms with E-state index in [9.17, 15) is 9.18 Å². The smallest absolute Gasteiger partial charge is 0.291 e. The number of nitrogens with zero attached hydrogens (tertiary/aromatic N) is 3. The molecule has 0 aliphatic rings. The molecule has 0 amide bonds. The maximum atomic E-state index is 13.2. The van der Waals surface area contributed by atoms with Gasteiger partial charge in [-0.3, -0.25) is 4.79 Å². The molecular weight excluding hydrogens is 305 g/mol. The summed E-state index contributed by atoms with van der Waals surface area (Å²) in [7, 11) is 0. The summed E-state index contributed by atoms with van der Waals surface area (Å²) in [6, 6.07) is 9.50. The fraction of sp³-hybridized carbons (Fsp3) is 0. The van der Waals surface area contributed by atoms with E-state index < -0.39 is 0 Å². The molecule has 22 heavy (non-hydrogen) atoms. The van der Waals surface area contributed by atoms with E-state index >= 15 is 0 Å². The Hall–Kier alpha value is -2.80. The Morgan fingerprint density at radius 2 is 2.18 bits per heavy atom. The molecule has 4 rings (SSSR count). The number of furan rings is 1. The monoisotopic (exact) mass is 313 g/mol. The first-order valence-electron chi connectivity index (χ1n) is 6.41. The highest BCUT2D eigenvalue weighted by molar-refractivity contribution is 7.15. The van der Waals surface area contributed by atoms with Crippen LogP contribution in [-0.4, -0.2) is 14.6 Å². The second-order valence-electron chi connectivity index (χ2n) is 4.58. The van der Waals surface area contributed by atoms with Gasteiger partial charge < -0.3 is 4.42 Å². The van der Waals surface area contributed by atoms with Crippen LogP contribution in [0.25, 0.3) is 22.6 Å².